The van der Waals surface area contributed by atoms with Crippen LogP contribution in [0.25, 0.3) is 0 Å². The van der Waals surface area contributed by atoms with Crippen LogP contribution in [0, 0.1) is 5.41 Å². The number of hydrogen-bond acceptors (Lipinski definition) is 6. The van der Waals surface area contributed by atoms with Gasteiger partial charge in [0.1, 0.15) is 0 Å². The monoisotopic (exact) mass is 372 g/mol. The molecule has 0 atom stereocenters. The molecule has 1 aromatic heterocycles. The molecule has 0 radical (unpaired) electrons. The van der Waals surface area contributed by atoms with Crippen molar-refractivity contribution in [2.45, 2.75) is 32.4 Å². The molecule has 2 aliphatic rings. The highest BCUT2D eigenvalue weighted by molar-refractivity contribution is 5.71. The van der Waals surface area contributed by atoms with E-state index < -0.39 is 11.7 Å². The minimum atomic E-state index is -4.42. The van der Waals surface area contributed by atoms with Gasteiger partial charge in [0.25, 0.3) is 0 Å². The number of hydrogen-bond donors (Lipinski definition) is 0. The number of piperidine rings is 1. The topological polar surface area (TPSA) is 58.6 Å². The molecule has 0 aromatic carbocycles. The van der Waals surface area contributed by atoms with Crippen molar-refractivity contribution >= 4 is 11.9 Å². The molecule has 3 rings (SSSR count). The predicted molar refractivity (Wildman–Crippen MR) is 88.6 cm³/mol. The molecular formula is C17H23F3N4O2. The fourth-order valence-corrected chi connectivity index (χ4v) is 3.77. The van der Waals surface area contributed by atoms with Crippen LogP contribution in [0.4, 0.5) is 19.1 Å². The van der Waals surface area contributed by atoms with Crippen molar-refractivity contribution in [1.82, 2.24) is 14.9 Å². The van der Waals surface area contributed by atoms with Crippen LogP contribution in [-0.2, 0) is 15.7 Å². The summed E-state index contributed by atoms with van der Waals surface area (Å²) in [4.78, 5) is 23.5. The fourth-order valence-electron chi connectivity index (χ4n) is 3.77. The summed E-state index contributed by atoms with van der Waals surface area (Å²) in [5, 5.41) is 0. The Balaban J connectivity index is 1.54. The van der Waals surface area contributed by atoms with E-state index >= 15 is 0 Å². The number of anilines is 1. The van der Waals surface area contributed by atoms with E-state index in [4.69, 9.17) is 4.74 Å². The Kier molecular flexibility index (Phi) is 5.36. The highest BCUT2D eigenvalue weighted by Gasteiger charge is 2.41. The highest BCUT2D eigenvalue weighted by atomic mass is 19.4. The molecule has 1 aromatic rings. The van der Waals surface area contributed by atoms with Gasteiger partial charge in [0.15, 0.2) is 0 Å². The van der Waals surface area contributed by atoms with Gasteiger partial charge in [0.2, 0.25) is 5.95 Å². The maximum atomic E-state index is 12.6. The summed E-state index contributed by atoms with van der Waals surface area (Å²) in [7, 11) is 0. The summed E-state index contributed by atoms with van der Waals surface area (Å²) in [6.07, 6.45) is 0.102. The van der Waals surface area contributed by atoms with Gasteiger partial charge in [-0.25, -0.2) is 9.97 Å². The van der Waals surface area contributed by atoms with Crippen LogP contribution in [0.15, 0.2) is 12.4 Å². The summed E-state index contributed by atoms with van der Waals surface area (Å²) < 4.78 is 42.8. The first-order valence-electron chi connectivity index (χ1n) is 8.83. The molecular weight excluding hydrogens is 349 g/mol. The van der Waals surface area contributed by atoms with Gasteiger partial charge in [-0.3, -0.25) is 9.69 Å². The quantitative estimate of drug-likeness (QED) is 0.757. The number of halogens is 3. The SMILES string of the molecule is CCOC(=O)CN1CCC2(CCN(c3ncc(C(F)(F)F)cn3)CC2)C1. The van der Waals surface area contributed by atoms with Gasteiger partial charge in [-0.2, -0.15) is 13.2 Å². The van der Waals surface area contributed by atoms with E-state index in [1.165, 1.54) is 0 Å². The minimum absolute atomic E-state index is 0.162. The molecule has 6 nitrogen and oxygen atoms in total. The van der Waals surface area contributed by atoms with Gasteiger partial charge in [-0.05, 0) is 38.1 Å². The molecule has 2 saturated heterocycles. The van der Waals surface area contributed by atoms with E-state index in [1.54, 1.807) is 6.92 Å². The average Bonchev–Trinajstić information content (AvgIpc) is 2.97. The molecule has 0 unspecified atom stereocenters. The normalized spacial score (nSPS) is 20.5. The molecule has 0 N–H and O–H groups in total. The second-order valence-electron chi connectivity index (χ2n) is 7.02. The summed E-state index contributed by atoms with van der Waals surface area (Å²) in [5.41, 5.74) is -0.672. The number of aromatic nitrogens is 2. The van der Waals surface area contributed by atoms with Crippen molar-refractivity contribution in [1.29, 1.82) is 0 Å². The zero-order valence-electron chi connectivity index (χ0n) is 14.8. The van der Waals surface area contributed by atoms with E-state index in [0.29, 0.717) is 32.2 Å². The lowest BCUT2D eigenvalue weighted by Crippen LogP contribution is -2.42. The predicted octanol–water partition coefficient (Wildman–Crippen LogP) is 2.35. The fraction of sp³-hybridized carbons (Fsp3) is 0.706. The van der Waals surface area contributed by atoms with Crippen molar-refractivity contribution in [3.8, 4) is 0 Å². The first-order valence-corrected chi connectivity index (χ1v) is 8.83. The van der Waals surface area contributed by atoms with Gasteiger partial charge in [0.05, 0.1) is 18.7 Å². The van der Waals surface area contributed by atoms with Crippen molar-refractivity contribution in [3.05, 3.63) is 18.0 Å². The molecule has 2 fully saturated rings. The van der Waals surface area contributed by atoms with Crippen LogP contribution >= 0.6 is 0 Å². The number of carbonyl (C=O) groups is 1. The van der Waals surface area contributed by atoms with Crippen molar-refractivity contribution in [3.63, 3.8) is 0 Å². The molecule has 0 aliphatic carbocycles. The smallest absolute Gasteiger partial charge is 0.419 e. The first-order chi connectivity index (χ1) is 12.3. The number of carbonyl (C=O) groups excluding carboxylic acids is 1. The first kappa shape index (κ1) is 18.9. The maximum Gasteiger partial charge on any atom is 0.419 e. The largest absolute Gasteiger partial charge is 0.465 e. The number of ether oxygens (including phenoxy) is 1. The van der Waals surface area contributed by atoms with Gasteiger partial charge in [-0.1, -0.05) is 0 Å². The van der Waals surface area contributed by atoms with Crippen molar-refractivity contribution in [2.75, 3.05) is 44.2 Å². The number of esters is 1. The zero-order chi connectivity index (χ0) is 18.8. The van der Waals surface area contributed by atoms with Crippen molar-refractivity contribution in [2.24, 2.45) is 5.41 Å². The van der Waals surface area contributed by atoms with Crippen LogP contribution in [0.2, 0.25) is 0 Å². The Morgan fingerprint density at radius 1 is 1.19 bits per heavy atom. The minimum Gasteiger partial charge on any atom is -0.465 e. The highest BCUT2D eigenvalue weighted by Crippen LogP contribution is 2.40. The maximum absolute atomic E-state index is 12.6. The Morgan fingerprint density at radius 3 is 2.38 bits per heavy atom. The van der Waals surface area contributed by atoms with E-state index in [1.807, 2.05) is 4.90 Å². The molecule has 9 heteroatoms. The standard InChI is InChI=1S/C17H23F3N4O2/c1-2-26-14(25)11-23-6-3-16(12-23)4-7-24(8-5-16)15-21-9-13(10-22-15)17(18,19)20/h9-10H,2-8,11-12H2,1H3. The van der Waals surface area contributed by atoms with Gasteiger partial charge in [-0.15, -0.1) is 0 Å². The van der Waals surface area contributed by atoms with Crippen LogP contribution < -0.4 is 4.90 Å². The van der Waals surface area contributed by atoms with Crippen molar-refractivity contribution < 1.29 is 22.7 Å². The summed E-state index contributed by atoms with van der Waals surface area (Å²) >= 11 is 0. The Labute approximate surface area is 150 Å². The van der Waals surface area contributed by atoms with E-state index in [2.05, 4.69) is 14.9 Å². The lowest BCUT2D eigenvalue weighted by Gasteiger charge is -2.39. The molecule has 2 aliphatic heterocycles. The molecule has 1 spiro atoms. The zero-order valence-corrected chi connectivity index (χ0v) is 14.8. The Morgan fingerprint density at radius 2 is 1.81 bits per heavy atom. The van der Waals surface area contributed by atoms with Crippen LogP contribution in [-0.4, -0.2) is 60.2 Å². The summed E-state index contributed by atoms with van der Waals surface area (Å²) in [6.45, 7) is 5.64. The number of nitrogens with zero attached hydrogens (tertiary/aromatic N) is 4. The van der Waals surface area contributed by atoms with E-state index in [-0.39, 0.29) is 11.4 Å². The van der Waals surface area contributed by atoms with E-state index in [9.17, 15) is 18.0 Å². The Bertz CT molecular complexity index is 628. The molecule has 3 heterocycles. The van der Waals surface area contributed by atoms with Crippen LogP contribution in [0.3, 0.4) is 0 Å². The molecule has 144 valence electrons. The summed E-state index contributed by atoms with van der Waals surface area (Å²) in [6, 6.07) is 0. The third-order valence-electron chi connectivity index (χ3n) is 5.25. The van der Waals surface area contributed by atoms with Gasteiger partial charge in [0, 0.05) is 32.0 Å². The average molecular weight is 372 g/mol. The van der Waals surface area contributed by atoms with Gasteiger partial charge < -0.3 is 9.64 Å². The third-order valence-corrected chi connectivity index (χ3v) is 5.25. The second kappa shape index (κ2) is 7.38. The third kappa shape index (κ3) is 4.25. The number of alkyl halides is 3. The molecule has 0 bridgehead atoms. The molecule has 0 amide bonds. The van der Waals surface area contributed by atoms with Crippen LogP contribution in [0.1, 0.15) is 31.7 Å². The molecule has 0 saturated carbocycles. The summed E-state index contributed by atoms with van der Waals surface area (Å²) in [5.74, 6) is 0.148. The number of rotatable bonds is 4. The second-order valence-corrected chi connectivity index (χ2v) is 7.02. The van der Waals surface area contributed by atoms with Gasteiger partial charge >= 0.3 is 12.1 Å². The lowest BCUT2D eigenvalue weighted by molar-refractivity contribution is -0.144. The van der Waals surface area contributed by atoms with Crippen LogP contribution in [0.5, 0.6) is 0 Å². The lowest BCUT2D eigenvalue weighted by atomic mass is 9.78. The number of likely N-dealkylation sites (tertiary alicyclic amines) is 1. The molecule has 26 heavy (non-hydrogen) atoms. The van der Waals surface area contributed by atoms with E-state index in [0.717, 1.165) is 44.7 Å². The Hall–Kier alpha value is -1.90.